The van der Waals surface area contributed by atoms with Crippen LogP contribution in [0.5, 0.6) is 5.75 Å². The Morgan fingerprint density at radius 2 is 1.43 bits per heavy atom. The molecule has 0 fully saturated rings. The van der Waals surface area contributed by atoms with E-state index in [1.165, 1.54) is 12.1 Å². The van der Waals surface area contributed by atoms with E-state index in [0.717, 1.165) is 0 Å². The van der Waals surface area contributed by atoms with Gasteiger partial charge in [0.15, 0.2) is 6.54 Å². The lowest BCUT2D eigenvalue weighted by Crippen LogP contribution is -2.37. The van der Waals surface area contributed by atoms with Gasteiger partial charge in [0.2, 0.25) is 11.0 Å². The number of hydrogen-bond acceptors (Lipinski definition) is 5. The first-order valence-corrected chi connectivity index (χ1v) is 12.5. The summed E-state index contributed by atoms with van der Waals surface area (Å²) in [5.74, 6) is -1.72. The fourth-order valence-corrected chi connectivity index (χ4v) is 4.85. The van der Waals surface area contributed by atoms with Gasteiger partial charge >= 0.3 is 11.9 Å². The second kappa shape index (κ2) is 9.44. The molecule has 0 atom stereocenters. The lowest BCUT2D eigenvalue weighted by Gasteiger charge is -2.14. The van der Waals surface area contributed by atoms with Gasteiger partial charge in [-0.1, -0.05) is 24.3 Å². The van der Waals surface area contributed by atoms with Crippen molar-refractivity contribution in [1.82, 2.24) is 0 Å². The molecule has 3 aromatic carbocycles. The quantitative estimate of drug-likeness (QED) is 0.130. The van der Waals surface area contributed by atoms with Crippen molar-refractivity contribution in [3.63, 3.8) is 0 Å². The number of benzene rings is 3. The Labute approximate surface area is 202 Å². The highest BCUT2D eigenvalue weighted by Gasteiger charge is 2.26. The van der Waals surface area contributed by atoms with Crippen LogP contribution in [0.1, 0.15) is 38.3 Å². The number of carbonyl (C=O) groups excluding carboxylic acids is 1. The van der Waals surface area contributed by atoms with Crippen molar-refractivity contribution in [2.45, 2.75) is 26.8 Å². The van der Waals surface area contributed by atoms with Crippen molar-refractivity contribution in [3.05, 3.63) is 82.9 Å². The molecule has 1 aromatic heterocycles. The fraction of sp³-hybridized carbons (Fsp3) is 0.192. The number of ether oxygens (including phenoxy) is 1. The number of aromatic carboxylic acids is 1. The van der Waals surface area contributed by atoms with E-state index in [1.807, 2.05) is 28.8 Å². The minimum atomic E-state index is -4.10. The number of nitrogens with zero attached hydrogens (tertiary/aromatic N) is 1. The highest BCUT2D eigenvalue weighted by molar-refractivity contribution is 7.85. The minimum Gasteiger partial charge on any atom is -0.478 e. The first kappa shape index (κ1) is 24.3. The van der Waals surface area contributed by atoms with Crippen molar-refractivity contribution in [3.8, 4) is 5.75 Å². The summed E-state index contributed by atoms with van der Waals surface area (Å²) in [6.45, 7) is 3.68. The molecule has 0 saturated carbocycles. The lowest BCUT2D eigenvalue weighted by atomic mass is 10.0. The number of rotatable bonds is 7. The van der Waals surface area contributed by atoms with Crippen LogP contribution in [0.3, 0.4) is 0 Å². The van der Waals surface area contributed by atoms with Gasteiger partial charge in [0.25, 0.3) is 10.1 Å². The Balaban J connectivity index is 1.85. The van der Waals surface area contributed by atoms with E-state index < -0.39 is 22.1 Å². The minimum absolute atomic E-state index is 0.112. The van der Waals surface area contributed by atoms with E-state index >= 15 is 0 Å². The first-order valence-electron chi connectivity index (χ1n) is 10.9. The third-order valence-electron chi connectivity index (χ3n) is 5.82. The predicted octanol–water partition coefficient (Wildman–Crippen LogP) is 4.09. The van der Waals surface area contributed by atoms with Gasteiger partial charge in [0.05, 0.1) is 27.7 Å². The van der Waals surface area contributed by atoms with Crippen LogP contribution in [0.2, 0.25) is 0 Å². The average Bonchev–Trinajstić information content (AvgIpc) is 2.80. The van der Waals surface area contributed by atoms with Crippen LogP contribution >= 0.6 is 0 Å². The highest BCUT2D eigenvalue weighted by atomic mass is 32.2. The molecule has 0 spiro atoms. The lowest BCUT2D eigenvalue weighted by molar-refractivity contribution is -0.645. The van der Waals surface area contributed by atoms with Crippen molar-refractivity contribution in [2.24, 2.45) is 0 Å². The number of pyridine rings is 1. The van der Waals surface area contributed by atoms with Crippen LogP contribution in [0, 0.1) is 13.8 Å². The number of aryl methyl sites for hydroxylation is 3. The summed E-state index contributed by atoms with van der Waals surface area (Å²) < 4.78 is 39.4. The average molecular weight is 495 g/mol. The second-order valence-electron chi connectivity index (χ2n) is 8.33. The number of fused-ring (bicyclic) bond motifs is 2. The summed E-state index contributed by atoms with van der Waals surface area (Å²) in [7, 11) is -4.10. The van der Waals surface area contributed by atoms with Crippen LogP contribution in [0.4, 0.5) is 0 Å². The fourth-order valence-electron chi connectivity index (χ4n) is 4.36. The largest absolute Gasteiger partial charge is 0.478 e. The molecule has 9 heteroatoms. The summed E-state index contributed by atoms with van der Waals surface area (Å²) in [6, 6.07) is 17.4. The summed E-state index contributed by atoms with van der Waals surface area (Å²) in [6.07, 6.45) is 0.190. The van der Waals surface area contributed by atoms with Gasteiger partial charge in [-0.2, -0.15) is 13.0 Å². The monoisotopic (exact) mass is 494 g/mol. The molecule has 8 nitrogen and oxygen atoms in total. The molecule has 0 amide bonds. The molecule has 0 bridgehead atoms. The highest BCUT2D eigenvalue weighted by Crippen LogP contribution is 2.30. The molecular weight excluding hydrogens is 470 g/mol. The van der Waals surface area contributed by atoms with E-state index in [1.54, 1.807) is 38.1 Å². The van der Waals surface area contributed by atoms with E-state index in [4.69, 9.17) is 9.29 Å². The van der Waals surface area contributed by atoms with Gasteiger partial charge < -0.3 is 9.84 Å². The zero-order valence-corrected chi connectivity index (χ0v) is 20.0. The Morgan fingerprint density at radius 3 is 1.91 bits per heavy atom. The number of esters is 1. The third kappa shape index (κ3) is 5.01. The number of carbonyl (C=O) groups is 2. The van der Waals surface area contributed by atoms with Gasteiger partial charge in [-0.3, -0.25) is 4.55 Å². The Kier molecular flexibility index (Phi) is 6.56. The molecule has 4 rings (SSSR count). The van der Waals surface area contributed by atoms with Crippen molar-refractivity contribution >= 4 is 43.9 Å². The molecule has 0 aliphatic heterocycles. The first-order chi connectivity index (χ1) is 16.6. The predicted molar refractivity (Wildman–Crippen MR) is 131 cm³/mol. The summed E-state index contributed by atoms with van der Waals surface area (Å²) in [5, 5.41) is 10.5. The zero-order chi connectivity index (χ0) is 25.3. The molecular formula is C26H24NO7S+. The number of carboxylic acids is 1. The van der Waals surface area contributed by atoms with Gasteiger partial charge in [-0.15, -0.1) is 0 Å². The maximum absolute atomic E-state index is 13.6. The molecule has 4 aromatic rings. The Bertz CT molecular complexity index is 1510. The van der Waals surface area contributed by atoms with Gasteiger partial charge in [0, 0.05) is 18.6 Å². The number of aromatic nitrogens is 1. The van der Waals surface area contributed by atoms with Crippen molar-refractivity contribution < 1.29 is 37.0 Å². The maximum Gasteiger partial charge on any atom is 0.345 e. The zero-order valence-electron chi connectivity index (χ0n) is 19.2. The molecule has 35 heavy (non-hydrogen) atoms. The number of carboxylic acid groups (broad SMARTS) is 1. The Morgan fingerprint density at radius 1 is 0.914 bits per heavy atom. The normalized spacial score (nSPS) is 11.6. The second-order valence-corrected chi connectivity index (χ2v) is 9.91. The van der Waals surface area contributed by atoms with E-state index in [0.29, 0.717) is 50.8 Å². The van der Waals surface area contributed by atoms with Crippen LogP contribution < -0.4 is 9.30 Å². The van der Waals surface area contributed by atoms with Gasteiger partial charge in [-0.05, 0) is 49.2 Å². The van der Waals surface area contributed by atoms with Crippen molar-refractivity contribution in [2.75, 3.05) is 5.75 Å². The summed E-state index contributed by atoms with van der Waals surface area (Å²) >= 11 is 0. The molecule has 180 valence electrons. The molecule has 0 saturated heterocycles. The van der Waals surface area contributed by atoms with Gasteiger partial charge in [-0.25, -0.2) is 9.59 Å². The van der Waals surface area contributed by atoms with Crippen LogP contribution in [0.25, 0.3) is 21.8 Å². The number of para-hydroxylation sites is 2. The summed E-state index contributed by atoms with van der Waals surface area (Å²) in [4.78, 5) is 24.9. The van der Waals surface area contributed by atoms with Crippen molar-refractivity contribution in [1.29, 1.82) is 0 Å². The maximum atomic E-state index is 13.6. The van der Waals surface area contributed by atoms with E-state index in [2.05, 4.69) is 0 Å². The SMILES string of the molecule is Cc1cc(C(=O)O)cc(C)c1OC(=O)c1c2ccccc2[n+](CCCS(=O)(=O)O)c2ccccc12. The molecule has 1 heterocycles. The van der Waals surface area contributed by atoms with E-state index in [-0.39, 0.29) is 17.7 Å². The van der Waals surface area contributed by atoms with Crippen LogP contribution in [-0.4, -0.2) is 35.8 Å². The molecule has 0 aliphatic rings. The smallest absolute Gasteiger partial charge is 0.345 e. The summed E-state index contributed by atoms with van der Waals surface area (Å²) in [5.41, 5.74) is 2.94. The topological polar surface area (TPSA) is 122 Å². The molecule has 2 N–H and O–H groups in total. The van der Waals surface area contributed by atoms with Gasteiger partial charge in [0.1, 0.15) is 5.75 Å². The van der Waals surface area contributed by atoms with Crippen LogP contribution in [0.15, 0.2) is 60.7 Å². The number of hydrogen-bond donors (Lipinski definition) is 2. The standard InChI is InChI=1S/C26H23NO7S/c1-16-14-18(25(28)29)15-17(2)24(16)34-26(30)23-19-8-3-5-10-21(19)27(12-7-13-35(31,32)33)22-11-6-4-9-20(22)23/h3-6,8-11,14-15H,7,12-13H2,1-2H3,(H-,28,29,31,32,33)/p+1. The van der Waals surface area contributed by atoms with Crippen LogP contribution in [-0.2, 0) is 16.7 Å². The Hall–Kier alpha value is -3.82. The molecule has 0 aliphatic carbocycles. The third-order valence-corrected chi connectivity index (χ3v) is 6.62. The van der Waals surface area contributed by atoms with E-state index in [9.17, 15) is 23.1 Å². The molecule has 0 unspecified atom stereocenters. The molecule has 0 radical (unpaired) electrons.